The molecule has 74 valence electrons. The zero-order chi connectivity index (χ0) is 9.84. The summed E-state index contributed by atoms with van der Waals surface area (Å²) in [5, 5.41) is 14.0. The average Bonchev–Trinajstić information content (AvgIpc) is 2.47. The van der Waals surface area contributed by atoms with E-state index in [1.165, 1.54) is 0 Å². The van der Waals surface area contributed by atoms with Crippen LogP contribution in [0.5, 0.6) is 0 Å². The first kappa shape index (κ1) is 9.98. The molecule has 1 aliphatic rings. The number of rotatable bonds is 3. The van der Waals surface area contributed by atoms with E-state index in [1.54, 1.807) is 6.92 Å². The van der Waals surface area contributed by atoms with Crippen molar-refractivity contribution in [1.29, 1.82) is 0 Å². The maximum Gasteiger partial charge on any atom is 0.242 e. The van der Waals surface area contributed by atoms with Gasteiger partial charge in [0.15, 0.2) is 0 Å². The normalized spacial score (nSPS) is 23.8. The molecule has 0 aromatic rings. The molecule has 0 aliphatic carbocycles. The molecule has 0 saturated carbocycles. The van der Waals surface area contributed by atoms with E-state index in [9.17, 15) is 9.59 Å². The van der Waals surface area contributed by atoms with Gasteiger partial charge in [0.1, 0.15) is 6.04 Å². The molecular weight excluding hydrogens is 172 g/mol. The molecule has 0 bridgehead atoms. The van der Waals surface area contributed by atoms with Gasteiger partial charge >= 0.3 is 0 Å². The number of hydrogen-bond acceptors (Lipinski definition) is 3. The lowest BCUT2D eigenvalue weighted by Gasteiger charge is -2.11. The Hall–Kier alpha value is -1.10. The van der Waals surface area contributed by atoms with Crippen molar-refractivity contribution in [3.63, 3.8) is 0 Å². The van der Waals surface area contributed by atoms with Crippen LogP contribution in [-0.2, 0) is 9.59 Å². The first-order valence-corrected chi connectivity index (χ1v) is 4.34. The summed E-state index contributed by atoms with van der Waals surface area (Å²) in [6.07, 6.45) is 0.401. The van der Waals surface area contributed by atoms with Crippen LogP contribution in [0.1, 0.15) is 19.8 Å². The lowest BCUT2D eigenvalue weighted by atomic mass is 10.2. The van der Waals surface area contributed by atoms with E-state index < -0.39 is 12.1 Å². The molecule has 2 atom stereocenters. The summed E-state index contributed by atoms with van der Waals surface area (Å²) in [6, 6.07) is -0.411. The van der Waals surface area contributed by atoms with Gasteiger partial charge in [-0.25, -0.2) is 0 Å². The molecule has 13 heavy (non-hydrogen) atoms. The molecule has 1 saturated heterocycles. The summed E-state index contributed by atoms with van der Waals surface area (Å²) in [5.41, 5.74) is 0. The highest BCUT2D eigenvalue weighted by atomic mass is 16.3. The van der Waals surface area contributed by atoms with E-state index in [0.717, 1.165) is 0 Å². The van der Waals surface area contributed by atoms with Gasteiger partial charge in [-0.05, 0) is 13.3 Å². The molecule has 1 aliphatic heterocycles. The molecule has 0 aromatic carbocycles. The molecule has 0 spiro atoms. The third kappa shape index (κ3) is 3.02. The third-order valence-electron chi connectivity index (χ3n) is 1.88. The minimum absolute atomic E-state index is 0.0859. The van der Waals surface area contributed by atoms with Crippen molar-refractivity contribution < 1.29 is 14.7 Å². The zero-order valence-electron chi connectivity index (χ0n) is 7.54. The lowest BCUT2D eigenvalue weighted by molar-refractivity contribution is -0.126. The summed E-state index contributed by atoms with van der Waals surface area (Å²) in [6.45, 7) is 1.82. The van der Waals surface area contributed by atoms with Gasteiger partial charge in [-0.15, -0.1) is 0 Å². The highest BCUT2D eigenvalue weighted by molar-refractivity contribution is 5.90. The van der Waals surface area contributed by atoms with Crippen LogP contribution in [0.3, 0.4) is 0 Å². The lowest BCUT2D eigenvalue weighted by Crippen LogP contribution is -2.43. The van der Waals surface area contributed by atoms with Crippen molar-refractivity contribution in [2.75, 3.05) is 6.54 Å². The van der Waals surface area contributed by atoms with Crippen LogP contribution in [0, 0.1) is 0 Å². The Kier molecular flexibility index (Phi) is 3.25. The molecule has 1 fully saturated rings. The monoisotopic (exact) mass is 186 g/mol. The Bertz CT molecular complexity index is 215. The molecular formula is C8H14N2O3. The van der Waals surface area contributed by atoms with E-state index in [2.05, 4.69) is 10.6 Å². The molecule has 5 nitrogen and oxygen atoms in total. The Morgan fingerprint density at radius 2 is 2.54 bits per heavy atom. The van der Waals surface area contributed by atoms with Gasteiger partial charge in [0.2, 0.25) is 11.8 Å². The topological polar surface area (TPSA) is 78.4 Å². The summed E-state index contributed by atoms with van der Waals surface area (Å²) in [5.74, 6) is -0.302. The summed E-state index contributed by atoms with van der Waals surface area (Å²) in [4.78, 5) is 22.0. The summed E-state index contributed by atoms with van der Waals surface area (Å²) < 4.78 is 0. The molecule has 2 unspecified atom stereocenters. The average molecular weight is 186 g/mol. The predicted molar refractivity (Wildman–Crippen MR) is 45.9 cm³/mol. The standard InChI is InChI=1S/C8H14N2O3/c1-5(11)4-9-8(13)6-2-3-7(12)10-6/h5-6,11H,2-4H2,1H3,(H,9,13)(H,10,12). The van der Waals surface area contributed by atoms with Crippen molar-refractivity contribution in [3.8, 4) is 0 Å². The quantitative estimate of drug-likeness (QED) is 0.516. The maximum absolute atomic E-state index is 11.3. The van der Waals surface area contributed by atoms with E-state index >= 15 is 0 Å². The van der Waals surface area contributed by atoms with Gasteiger partial charge in [0.05, 0.1) is 6.10 Å². The number of carbonyl (C=O) groups is 2. The highest BCUT2D eigenvalue weighted by Gasteiger charge is 2.26. The number of hydrogen-bond donors (Lipinski definition) is 3. The van der Waals surface area contributed by atoms with Crippen molar-refractivity contribution in [2.24, 2.45) is 0 Å². The second-order valence-electron chi connectivity index (χ2n) is 3.25. The van der Waals surface area contributed by atoms with Crippen LogP contribution in [0.25, 0.3) is 0 Å². The molecule has 5 heteroatoms. The number of amides is 2. The SMILES string of the molecule is CC(O)CNC(=O)C1CCC(=O)N1. The Morgan fingerprint density at radius 3 is 3.00 bits per heavy atom. The zero-order valence-corrected chi connectivity index (χ0v) is 7.54. The fraction of sp³-hybridized carbons (Fsp3) is 0.750. The van der Waals surface area contributed by atoms with Gasteiger partial charge in [-0.3, -0.25) is 9.59 Å². The van der Waals surface area contributed by atoms with Gasteiger partial charge in [-0.1, -0.05) is 0 Å². The fourth-order valence-electron chi connectivity index (χ4n) is 1.18. The van der Waals surface area contributed by atoms with Gasteiger partial charge < -0.3 is 15.7 Å². The van der Waals surface area contributed by atoms with Gasteiger partial charge in [0.25, 0.3) is 0 Å². The number of aliphatic hydroxyl groups is 1. The van der Waals surface area contributed by atoms with Crippen LogP contribution < -0.4 is 10.6 Å². The van der Waals surface area contributed by atoms with E-state index in [4.69, 9.17) is 5.11 Å². The van der Waals surface area contributed by atoms with Gasteiger partial charge in [0, 0.05) is 13.0 Å². The minimum atomic E-state index is -0.555. The molecule has 2 amide bonds. The smallest absolute Gasteiger partial charge is 0.242 e. The largest absolute Gasteiger partial charge is 0.392 e. The maximum atomic E-state index is 11.3. The molecule has 1 heterocycles. The molecule has 0 aromatic heterocycles. The second-order valence-corrected chi connectivity index (χ2v) is 3.25. The second kappa shape index (κ2) is 4.23. The van der Waals surface area contributed by atoms with Crippen molar-refractivity contribution in [1.82, 2.24) is 10.6 Å². The van der Waals surface area contributed by atoms with Crippen LogP contribution in [-0.4, -0.2) is 35.6 Å². The number of nitrogens with one attached hydrogen (secondary N) is 2. The van der Waals surface area contributed by atoms with Crippen LogP contribution in [0.4, 0.5) is 0 Å². The van der Waals surface area contributed by atoms with Crippen LogP contribution in [0.2, 0.25) is 0 Å². The number of aliphatic hydroxyl groups excluding tert-OH is 1. The van der Waals surface area contributed by atoms with Crippen molar-refractivity contribution >= 4 is 11.8 Å². The van der Waals surface area contributed by atoms with Crippen molar-refractivity contribution in [2.45, 2.75) is 31.9 Å². The molecule has 1 rings (SSSR count). The summed E-state index contributed by atoms with van der Waals surface area (Å²) in [7, 11) is 0. The van der Waals surface area contributed by atoms with Crippen LogP contribution >= 0.6 is 0 Å². The third-order valence-corrected chi connectivity index (χ3v) is 1.88. The van der Waals surface area contributed by atoms with E-state index in [1.807, 2.05) is 0 Å². The first-order valence-electron chi connectivity index (χ1n) is 4.34. The number of carbonyl (C=O) groups excluding carboxylic acids is 2. The van der Waals surface area contributed by atoms with Gasteiger partial charge in [-0.2, -0.15) is 0 Å². The highest BCUT2D eigenvalue weighted by Crippen LogP contribution is 2.05. The van der Waals surface area contributed by atoms with Crippen molar-refractivity contribution in [3.05, 3.63) is 0 Å². The van der Waals surface area contributed by atoms with E-state index in [0.29, 0.717) is 12.8 Å². The first-order chi connectivity index (χ1) is 6.09. The Labute approximate surface area is 76.5 Å². The van der Waals surface area contributed by atoms with Crippen LogP contribution in [0.15, 0.2) is 0 Å². The molecule has 0 radical (unpaired) electrons. The molecule has 3 N–H and O–H groups in total. The minimum Gasteiger partial charge on any atom is -0.392 e. The Morgan fingerprint density at radius 1 is 1.85 bits per heavy atom. The predicted octanol–water partition coefficient (Wildman–Crippen LogP) is -1.24. The fourth-order valence-corrected chi connectivity index (χ4v) is 1.18. The summed E-state index contributed by atoms with van der Waals surface area (Å²) >= 11 is 0. The Balaban J connectivity index is 2.27. The van der Waals surface area contributed by atoms with E-state index in [-0.39, 0.29) is 18.4 Å².